The molecule has 218 valence electrons. The first-order chi connectivity index (χ1) is 19.9. The number of aliphatic hydroxyl groups excluding tert-OH is 2. The number of benzene rings is 3. The largest absolute Gasteiger partial charge is 0.392 e. The predicted molar refractivity (Wildman–Crippen MR) is 158 cm³/mol. The number of carbonyl (C=O) groups excluding carboxylic acids is 1. The highest BCUT2D eigenvalue weighted by Gasteiger charge is 2.39. The number of aliphatic hydroxyl groups is 2. The number of likely N-dealkylation sites (tertiary alicyclic amines) is 1. The van der Waals surface area contributed by atoms with Crippen LogP contribution in [0.25, 0.3) is 11.1 Å². The van der Waals surface area contributed by atoms with E-state index >= 15 is 0 Å². The summed E-state index contributed by atoms with van der Waals surface area (Å²) in [5.41, 5.74) is 5.99. The summed E-state index contributed by atoms with van der Waals surface area (Å²) >= 11 is 0. The SMILES string of the molecule is CCNC(=O)NCc1ccccc1-c1ccc([C@@H]2O[C@H](CN3CC[C@H](O)C3)[C@H](C)[C@H](c3ccc(CO)cc3)O2)cc1. The molecule has 8 heteroatoms. The average molecular weight is 560 g/mol. The van der Waals surface area contributed by atoms with Crippen molar-refractivity contribution in [1.82, 2.24) is 15.5 Å². The van der Waals surface area contributed by atoms with Gasteiger partial charge in [0.1, 0.15) is 0 Å². The Kier molecular flexibility index (Phi) is 9.69. The molecule has 0 aliphatic carbocycles. The van der Waals surface area contributed by atoms with Crippen LogP contribution in [-0.2, 0) is 22.6 Å². The molecule has 2 fully saturated rings. The van der Waals surface area contributed by atoms with Crippen LogP contribution in [0.5, 0.6) is 0 Å². The Hall–Kier alpha value is -3.27. The Bertz CT molecular complexity index is 1280. The summed E-state index contributed by atoms with van der Waals surface area (Å²) in [5, 5.41) is 25.3. The van der Waals surface area contributed by atoms with E-state index in [1.165, 1.54) is 0 Å². The minimum Gasteiger partial charge on any atom is -0.392 e. The molecular weight excluding hydrogens is 518 g/mol. The number of urea groups is 1. The maximum absolute atomic E-state index is 11.9. The van der Waals surface area contributed by atoms with Crippen LogP contribution in [0.3, 0.4) is 0 Å². The fourth-order valence-corrected chi connectivity index (χ4v) is 5.74. The van der Waals surface area contributed by atoms with Crippen molar-refractivity contribution in [1.29, 1.82) is 0 Å². The number of β-amino-alcohol motifs (C(OH)–C–C–N with tert-alkyl or cyclic N) is 1. The van der Waals surface area contributed by atoms with E-state index in [4.69, 9.17) is 9.47 Å². The van der Waals surface area contributed by atoms with Crippen molar-refractivity contribution in [2.24, 2.45) is 5.92 Å². The minimum atomic E-state index is -0.546. The third-order valence-electron chi connectivity index (χ3n) is 8.10. The molecule has 2 heterocycles. The third kappa shape index (κ3) is 7.15. The van der Waals surface area contributed by atoms with Crippen molar-refractivity contribution >= 4 is 6.03 Å². The van der Waals surface area contributed by atoms with E-state index < -0.39 is 6.29 Å². The highest BCUT2D eigenvalue weighted by molar-refractivity contribution is 5.74. The summed E-state index contributed by atoms with van der Waals surface area (Å²) < 4.78 is 13.2. The molecule has 5 rings (SSSR count). The Morgan fingerprint density at radius 2 is 1.71 bits per heavy atom. The zero-order valence-electron chi connectivity index (χ0n) is 23.8. The van der Waals surface area contributed by atoms with Crippen LogP contribution in [0.2, 0.25) is 0 Å². The quantitative estimate of drug-likeness (QED) is 0.307. The summed E-state index contributed by atoms with van der Waals surface area (Å²) in [5.74, 6) is 0.0903. The number of amides is 2. The highest BCUT2D eigenvalue weighted by atomic mass is 16.7. The number of ether oxygens (including phenoxy) is 2. The second-order valence-electron chi connectivity index (χ2n) is 11.0. The lowest BCUT2D eigenvalue weighted by Crippen LogP contribution is -2.44. The van der Waals surface area contributed by atoms with Crippen LogP contribution in [-0.4, -0.2) is 59.5 Å². The number of nitrogens with one attached hydrogen (secondary N) is 2. The van der Waals surface area contributed by atoms with Gasteiger partial charge in [0.05, 0.1) is 24.9 Å². The molecule has 41 heavy (non-hydrogen) atoms. The Morgan fingerprint density at radius 3 is 2.39 bits per heavy atom. The molecule has 2 amide bonds. The molecule has 3 aromatic carbocycles. The average Bonchev–Trinajstić information content (AvgIpc) is 3.42. The molecule has 5 atom stereocenters. The Morgan fingerprint density at radius 1 is 0.976 bits per heavy atom. The first-order valence-corrected chi connectivity index (χ1v) is 14.6. The van der Waals surface area contributed by atoms with Gasteiger partial charge in [0, 0.05) is 44.2 Å². The highest BCUT2D eigenvalue weighted by Crippen LogP contribution is 2.42. The third-order valence-corrected chi connectivity index (χ3v) is 8.10. The lowest BCUT2D eigenvalue weighted by atomic mass is 9.90. The molecule has 2 aliphatic heterocycles. The molecule has 0 bridgehead atoms. The van der Waals surface area contributed by atoms with Crippen molar-refractivity contribution in [2.75, 3.05) is 26.2 Å². The zero-order chi connectivity index (χ0) is 28.8. The van der Waals surface area contributed by atoms with Crippen molar-refractivity contribution in [2.45, 2.75) is 58.0 Å². The van der Waals surface area contributed by atoms with Gasteiger partial charge >= 0.3 is 6.03 Å². The molecular formula is C33H41N3O5. The molecule has 0 unspecified atom stereocenters. The van der Waals surface area contributed by atoms with E-state index in [9.17, 15) is 15.0 Å². The van der Waals surface area contributed by atoms with Crippen molar-refractivity contribution in [3.8, 4) is 11.1 Å². The lowest BCUT2D eigenvalue weighted by molar-refractivity contribution is -0.276. The van der Waals surface area contributed by atoms with Crippen LogP contribution < -0.4 is 10.6 Å². The van der Waals surface area contributed by atoms with Gasteiger partial charge in [-0.05, 0) is 41.2 Å². The van der Waals surface area contributed by atoms with Gasteiger partial charge in [0.15, 0.2) is 6.29 Å². The van der Waals surface area contributed by atoms with Gasteiger partial charge < -0.3 is 30.3 Å². The number of hydrogen-bond acceptors (Lipinski definition) is 6. The maximum atomic E-state index is 11.9. The summed E-state index contributed by atoms with van der Waals surface area (Å²) in [6.45, 7) is 7.32. The van der Waals surface area contributed by atoms with Crippen LogP contribution in [0.15, 0.2) is 72.8 Å². The van der Waals surface area contributed by atoms with E-state index in [2.05, 4.69) is 40.7 Å². The van der Waals surface area contributed by atoms with Gasteiger partial charge in [0.2, 0.25) is 0 Å². The molecule has 8 nitrogen and oxygen atoms in total. The van der Waals surface area contributed by atoms with Crippen molar-refractivity contribution in [3.63, 3.8) is 0 Å². The van der Waals surface area contributed by atoms with Crippen molar-refractivity contribution in [3.05, 3.63) is 95.1 Å². The number of carbonyl (C=O) groups is 1. The summed E-state index contributed by atoms with van der Waals surface area (Å²) in [7, 11) is 0. The minimum absolute atomic E-state index is 0.00445. The summed E-state index contributed by atoms with van der Waals surface area (Å²) in [4.78, 5) is 14.2. The van der Waals surface area contributed by atoms with E-state index in [1.54, 1.807) is 0 Å². The van der Waals surface area contributed by atoms with Gasteiger partial charge in [-0.2, -0.15) is 0 Å². The van der Waals surface area contributed by atoms with Crippen LogP contribution in [0.1, 0.15) is 54.9 Å². The maximum Gasteiger partial charge on any atom is 0.315 e. The molecule has 4 N–H and O–H groups in total. The lowest BCUT2D eigenvalue weighted by Gasteiger charge is -2.42. The molecule has 0 spiro atoms. The molecule has 0 radical (unpaired) electrons. The standard InChI is InChI=1S/C33H41N3O5/c1-3-34-33(39)35-18-27-6-4-5-7-29(27)24-12-14-26(15-13-24)32-40-30(20-36-17-16-28(38)19-36)22(2)31(41-32)25-10-8-23(21-37)9-11-25/h4-15,22,28,30-32,37-38H,3,16-21H2,1-2H3,(H2,34,35,39)/t22-,28-,30+,31+,32+/m0/s1. The Labute approximate surface area is 242 Å². The fraction of sp³-hybridized carbons (Fsp3) is 0.424. The van der Waals surface area contributed by atoms with Gasteiger partial charge in [-0.15, -0.1) is 0 Å². The number of nitrogens with zero attached hydrogens (tertiary/aromatic N) is 1. The molecule has 2 aliphatic rings. The summed E-state index contributed by atoms with van der Waals surface area (Å²) in [6, 6.07) is 24.1. The number of rotatable bonds is 9. The van der Waals surface area contributed by atoms with Crippen LogP contribution >= 0.6 is 0 Å². The molecule has 0 aromatic heterocycles. The number of hydrogen-bond donors (Lipinski definition) is 4. The summed E-state index contributed by atoms with van der Waals surface area (Å²) in [6.07, 6.45) is -0.305. The first-order valence-electron chi connectivity index (χ1n) is 14.6. The van der Waals surface area contributed by atoms with Gasteiger partial charge in [-0.1, -0.05) is 79.7 Å². The smallest absolute Gasteiger partial charge is 0.315 e. The fourth-order valence-electron chi connectivity index (χ4n) is 5.74. The van der Waals surface area contributed by atoms with Crippen LogP contribution in [0, 0.1) is 5.92 Å². The Balaban J connectivity index is 1.36. The van der Waals surface area contributed by atoms with Crippen LogP contribution in [0.4, 0.5) is 4.79 Å². The first kappa shape index (κ1) is 29.2. The molecule has 3 aromatic rings. The van der Waals surface area contributed by atoms with E-state index in [0.717, 1.165) is 52.9 Å². The molecule has 2 saturated heterocycles. The normalized spacial score (nSPS) is 24.7. The predicted octanol–water partition coefficient (Wildman–Crippen LogP) is 4.52. The van der Waals surface area contributed by atoms with Crippen molar-refractivity contribution < 1.29 is 24.5 Å². The van der Waals surface area contributed by atoms with Gasteiger partial charge in [-0.25, -0.2) is 4.79 Å². The topological polar surface area (TPSA) is 103 Å². The second-order valence-corrected chi connectivity index (χ2v) is 11.0. The van der Waals surface area contributed by atoms with E-state index in [-0.39, 0.29) is 36.9 Å². The monoisotopic (exact) mass is 559 g/mol. The van der Waals surface area contributed by atoms with E-state index in [0.29, 0.717) is 19.6 Å². The van der Waals surface area contributed by atoms with Gasteiger partial charge in [-0.3, -0.25) is 4.90 Å². The van der Waals surface area contributed by atoms with E-state index in [1.807, 2.05) is 61.5 Å². The second kappa shape index (κ2) is 13.6. The molecule has 0 saturated carbocycles. The van der Waals surface area contributed by atoms with Gasteiger partial charge in [0.25, 0.3) is 0 Å². The zero-order valence-corrected chi connectivity index (χ0v) is 23.8.